The molecule has 0 spiro atoms. The van der Waals surface area contributed by atoms with Crippen LogP contribution in [0.2, 0.25) is 0 Å². The largest absolute Gasteiger partial charge is 0.380 e. The van der Waals surface area contributed by atoms with Crippen LogP contribution in [0.25, 0.3) is 16.6 Å². The number of aromatic nitrogens is 4. The molecule has 4 saturated heterocycles. The van der Waals surface area contributed by atoms with Crippen LogP contribution >= 0.6 is 0 Å². The summed E-state index contributed by atoms with van der Waals surface area (Å²) in [5, 5.41) is 14.2. The Labute approximate surface area is 228 Å². The van der Waals surface area contributed by atoms with Gasteiger partial charge >= 0.3 is 0 Å². The van der Waals surface area contributed by atoms with Gasteiger partial charge in [0.1, 0.15) is 11.9 Å². The third-order valence-electron chi connectivity index (χ3n) is 8.63. The number of piperazine rings is 1. The minimum absolute atomic E-state index is 0.234. The van der Waals surface area contributed by atoms with Crippen molar-refractivity contribution in [2.24, 2.45) is 0 Å². The summed E-state index contributed by atoms with van der Waals surface area (Å²) >= 11 is 0. The summed E-state index contributed by atoms with van der Waals surface area (Å²) in [5.74, 6) is 1.01. The van der Waals surface area contributed by atoms with Crippen LogP contribution in [0.4, 0.5) is 11.5 Å². The number of methoxy groups -OCH3 is 1. The lowest BCUT2D eigenvalue weighted by molar-refractivity contribution is -0.00875. The fourth-order valence-corrected chi connectivity index (χ4v) is 6.40. The van der Waals surface area contributed by atoms with Gasteiger partial charge in [-0.25, -0.2) is 9.50 Å². The van der Waals surface area contributed by atoms with Crippen molar-refractivity contribution in [1.29, 1.82) is 5.26 Å². The molecule has 0 radical (unpaired) electrons. The van der Waals surface area contributed by atoms with Gasteiger partial charge in [0.05, 0.1) is 35.3 Å². The van der Waals surface area contributed by atoms with Gasteiger partial charge in [0.25, 0.3) is 0 Å². The van der Waals surface area contributed by atoms with E-state index in [1.165, 1.54) is 12.0 Å². The quantitative estimate of drug-likeness (QED) is 0.381. The minimum Gasteiger partial charge on any atom is -0.380 e. The molecule has 39 heavy (non-hydrogen) atoms. The molecule has 198 valence electrons. The summed E-state index contributed by atoms with van der Waals surface area (Å²) in [6.45, 7) is 6.74. The first kappa shape index (κ1) is 24.1. The van der Waals surface area contributed by atoms with E-state index in [4.69, 9.17) is 9.72 Å². The number of aryl methyl sites for hydroxylation is 1. The lowest BCUT2D eigenvalue weighted by atomic mass is 9.87. The lowest BCUT2D eigenvalue weighted by Crippen LogP contribution is -2.68. The van der Waals surface area contributed by atoms with E-state index in [2.05, 4.69) is 61.2 Å². The third kappa shape index (κ3) is 4.30. The summed E-state index contributed by atoms with van der Waals surface area (Å²) in [7, 11) is 1.77. The second-order valence-corrected chi connectivity index (χ2v) is 11.0. The van der Waals surface area contributed by atoms with Crippen molar-refractivity contribution in [3.8, 4) is 17.2 Å². The average molecular weight is 521 g/mol. The van der Waals surface area contributed by atoms with Crippen LogP contribution in [0.3, 0.4) is 0 Å². The summed E-state index contributed by atoms with van der Waals surface area (Å²) in [5.41, 5.74) is 6.76. The van der Waals surface area contributed by atoms with Crippen LogP contribution in [0.15, 0.2) is 55.1 Å². The fraction of sp³-hybridized carbons (Fsp3) is 0.400. The SMILES string of the molecule is CO[C@H]1CCN(c2cc(-c3ccc(N4CC5CC(C4)N5Cc4ccc(C)nc4)nc3)c3c(C#N)cnn3c2)C1. The van der Waals surface area contributed by atoms with E-state index in [0.717, 1.165) is 73.0 Å². The summed E-state index contributed by atoms with van der Waals surface area (Å²) < 4.78 is 7.41. The van der Waals surface area contributed by atoms with E-state index in [0.29, 0.717) is 17.6 Å². The number of nitrogens with zero attached hydrogens (tertiary/aromatic N) is 8. The predicted molar refractivity (Wildman–Crippen MR) is 150 cm³/mol. The smallest absolute Gasteiger partial charge is 0.128 e. The van der Waals surface area contributed by atoms with Gasteiger partial charge in [-0.05, 0) is 49.6 Å². The Bertz CT molecular complexity index is 1530. The van der Waals surface area contributed by atoms with Gasteiger partial charge in [-0.3, -0.25) is 9.88 Å². The van der Waals surface area contributed by atoms with Crippen LogP contribution in [0, 0.1) is 18.3 Å². The van der Waals surface area contributed by atoms with E-state index in [1.54, 1.807) is 13.3 Å². The number of pyridine rings is 3. The predicted octanol–water partition coefficient (Wildman–Crippen LogP) is 3.66. The van der Waals surface area contributed by atoms with Gasteiger partial charge < -0.3 is 14.5 Å². The third-order valence-corrected chi connectivity index (χ3v) is 8.63. The molecule has 0 N–H and O–H groups in total. The van der Waals surface area contributed by atoms with Crippen molar-refractivity contribution < 1.29 is 4.74 Å². The molecule has 8 rings (SSSR count). The topological polar surface area (TPSA) is 85.8 Å². The highest BCUT2D eigenvalue weighted by Gasteiger charge is 2.44. The molecule has 0 aromatic carbocycles. The first-order valence-electron chi connectivity index (χ1n) is 13.7. The molecule has 8 heterocycles. The molecule has 9 nitrogen and oxygen atoms in total. The second-order valence-electron chi connectivity index (χ2n) is 11.0. The van der Waals surface area contributed by atoms with Crippen molar-refractivity contribution in [1.82, 2.24) is 24.5 Å². The van der Waals surface area contributed by atoms with Crippen molar-refractivity contribution in [2.75, 3.05) is 43.1 Å². The van der Waals surface area contributed by atoms with Crippen molar-refractivity contribution in [3.05, 3.63) is 71.9 Å². The molecule has 4 fully saturated rings. The van der Waals surface area contributed by atoms with E-state index >= 15 is 0 Å². The Balaban J connectivity index is 1.12. The first-order valence-corrected chi connectivity index (χ1v) is 13.7. The van der Waals surface area contributed by atoms with Crippen molar-refractivity contribution in [3.63, 3.8) is 0 Å². The highest BCUT2D eigenvalue weighted by molar-refractivity contribution is 5.86. The lowest BCUT2D eigenvalue weighted by Gasteiger charge is -2.56. The van der Waals surface area contributed by atoms with Gasteiger partial charge in [0.2, 0.25) is 0 Å². The molecule has 0 saturated carbocycles. The molecule has 4 aromatic rings. The number of nitriles is 1. The highest BCUT2D eigenvalue weighted by Crippen LogP contribution is 2.37. The maximum absolute atomic E-state index is 9.75. The Morgan fingerprint density at radius 3 is 2.59 bits per heavy atom. The molecule has 0 amide bonds. The molecule has 4 aromatic heterocycles. The maximum Gasteiger partial charge on any atom is 0.128 e. The summed E-state index contributed by atoms with van der Waals surface area (Å²) in [6.07, 6.45) is 10.1. The number of rotatable bonds is 6. The monoisotopic (exact) mass is 520 g/mol. The normalized spacial score (nSPS) is 22.7. The Morgan fingerprint density at radius 1 is 1.03 bits per heavy atom. The number of piperidine rings is 1. The van der Waals surface area contributed by atoms with Crippen LogP contribution in [-0.4, -0.2) is 76.0 Å². The molecular weight excluding hydrogens is 488 g/mol. The van der Waals surface area contributed by atoms with E-state index < -0.39 is 0 Å². The molecule has 3 atom stereocenters. The summed E-state index contributed by atoms with van der Waals surface area (Å²) in [4.78, 5) is 16.7. The molecular formula is C30H32N8O. The Hall–Kier alpha value is -4.00. The molecule has 4 aliphatic rings. The number of fused-ring (bicyclic) bond motifs is 3. The number of anilines is 2. The van der Waals surface area contributed by atoms with Crippen LogP contribution < -0.4 is 9.80 Å². The van der Waals surface area contributed by atoms with E-state index in [9.17, 15) is 5.26 Å². The zero-order chi connectivity index (χ0) is 26.5. The average Bonchev–Trinajstić information content (AvgIpc) is 3.64. The molecule has 2 bridgehead atoms. The molecule has 0 aliphatic carbocycles. The second kappa shape index (κ2) is 9.63. The van der Waals surface area contributed by atoms with Gasteiger partial charge in [-0.2, -0.15) is 10.4 Å². The standard InChI is InChI=1S/C30H32N8O/c1-20-3-4-21(12-32-20)15-37-25-9-26(37)17-36(16-25)29-6-5-22(13-33-29)28-10-24(35-8-7-27(19-35)39-2)18-38-30(28)23(11-31)14-34-38/h3-6,10,12-14,18,25-27H,7-9,15-17,19H2,1-2H3/t25?,26?,27-/m0/s1. The van der Waals surface area contributed by atoms with Crippen molar-refractivity contribution in [2.45, 2.75) is 44.5 Å². The van der Waals surface area contributed by atoms with Crippen LogP contribution in [0.1, 0.15) is 29.7 Å². The molecule has 9 heteroatoms. The van der Waals surface area contributed by atoms with Crippen LogP contribution in [-0.2, 0) is 11.3 Å². The van der Waals surface area contributed by atoms with Gasteiger partial charge in [0, 0.05) is 81.1 Å². The minimum atomic E-state index is 0.234. The Kier molecular flexibility index (Phi) is 5.94. The van der Waals surface area contributed by atoms with Gasteiger partial charge in [0.15, 0.2) is 0 Å². The molecule has 2 unspecified atom stereocenters. The van der Waals surface area contributed by atoms with Crippen LogP contribution in [0.5, 0.6) is 0 Å². The number of ether oxygens (including phenoxy) is 1. The van der Waals surface area contributed by atoms with E-state index in [-0.39, 0.29) is 6.10 Å². The van der Waals surface area contributed by atoms with Crippen molar-refractivity contribution >= 4 is 17.0 Å². The summed E-state index contributed by atoms with van der Waals surface area (Å²) in [6, 6.07) is 14.1. The number of hydrogen-bond acceptors (Lipinski definition) is 8. The Morgan fingerprint density at radius 2 is 1.90 bits per heavy atom. The zero-order valence-electron chi connectivity index (χ0n) is 22.4. The fourth-order valence-electron chi connectivity index (χ4n) is 6.40. The highest BCUT2D eigenvalue weighted by atomic mass is 16.5. The van der Waals surface area contributed by atoms with Gasteiger partial charge in [-0.15, -0.1) is 0 Å². The maximum atomic E-state index is 9.75. The molecule has 4 aliphatic heterocycles. The first-order chi connectivity index (χ1) is 19.1. The van der Waals surface area contributed by atoms with E-state index in [1.807, 2.05) is 30.0 Å². The zero-order valence-corrected chi connectivity index (χ0v) is 22.4. The number of hydrogen-bond donors (Lipinski definition) is 0. The van der Waals surface area contributed by atoms with Gasteiger partial charge in [-0.1, -0.05) is 6.07 Å².